The highest BCUT2D eigenvalue weighted by Crippen LogP contribution is 2.19. The molecule has 0 aromatic heterocycles. The number of carbonyl (C=O) groups excluding carboxylic acids is 1. The summed E-state index contributed by atoms with van der Waals surface area (Å²) in [7, 11) is 0.430. The number of rotatable bonds is 3. The fourth-order valence-electron chi connectivity index (χ4n) is 1.83. The standard InChI is InChI=1S/C12H18B2O4/c1-12(2,3)13-9-7-8(11(15)18-4)5-6-10(9)14(16)17/h5-7,13,16-17H,1-4H3. The molecule has 0 aliphatic heterocycles. The third kappa shape index (κ3) is 3.89. The molecule has 0 aliphatic carbocycles. The first-order valence-electron chi connectivity index (χ1n) is 5.82. The molecule has 0 aliphatic rings. The van der Waals surface area contributed by atoms with Crippen molar-refractivity contribution in [3.63, 3.8) is 0 Å². The zero-order valence-corrected chi connectivity index (χ0v) is 11.2. The van der Waals surface area contributed by atoms with Gasteiger partial charge in [0.25, 0.3) is 0 Å². The molecular formula is C12H18B2O4. The Balaban J connectivity index is 3.20. The van der Waals surface area contributed by atoms with Crippen LogP contribution in [0.15, 0.2) is 18.2 Å². The summed E-state index contributed by atoms with van der Waals surface area (Å²) in [6.45, 7) is 6.14. The highest BCUT2D eigenvalue weighted by atomic mass is 16.5. The molecule has 0 saturated carbocycles. The monoisotopic (exact) mass is 248 g/mol. The SMILES string of the molecule is COC(=O)c1ccc(B(O)O)c(BC(C)(C)C)c1. The van der Waals surface area contributed by atoms with Crippen molar-refractivity contribution in [2.45, 2.75) is 26.1 Å². The lowest BCUT2D eigenvalue weighted by atomic mass is 9.48. The van der Waals surface area contributed by atoms with E-state index in [0.717, 1.165) is 5.46 Å². The summed E-state index contributed by atoms with van der Waals surface area (Å²) >= 11 is 0. The van der Waals surface area contributed by atoms with Crippen LogP contribution < -0.4 is 10.9 Å². The second-order valence-corrected chi connectivity index (χ2v) is 5.52. The molecule has 0 fully saturated rings. The van der Waals surface area contributed by atoms with E-state index in [-0.39, 0.29) is 5.31 Å². The van der Waals surface area contributed by atoms with Crippen molar-refractivity contribution in [2.24, 2.45) is 0 Å². The number of benzene rings is 1. The summed E-state index contributed by atoms with van der Waals surface area (Å²) in [6.07, 6.45) is 0. The number of hydrogen-bond donors (Lipinski definition) is 2. The van der Waals surface area contributed by atoms with E-state index >= 15 is 0 Å². The molecule has 0 unspecified atom stereocenters. The van der Waals surface area contributed by atoms with Crippen LogP contribution in [0.5, 0.6) is 0 Å². The molecule has 1 aromatic carbocycles. The van der Waals surface area contributed by atoms with Gasteiger partial charge in [-0.3, -0.25) is 0 Å². The smallest absolute Gasteiger partial charge is 0.465 e. The van der Waals surface area contributed by atoms with E-state index in [1.165, 1.54) is 13.2 Å². The van der Waals surface area contributed by atoms with Crippen molar-refractivity contribution in [1.82, 2.24) is 0 Å². The van der Waals surface area contributed by atoms with Crippen LogP contribution in [0, 0.1) is 0 Å². The Kier molecular flexibility index (Phi) is 4.59. The fourth-order valence-corrected chi connectivity index (χ4v) is 1.83. The van der Waals surface area contributed by atoms with Gasteiger partial charge in [0.05, 0.1) is 12.7 Å². The lowest BCUT2D eigenvalue weighted by Gasteiger charge is -2.19. The maximum absolute atomic E-state index is 11.5. The minimum Gasteiger partial charge on any atom is -0.465 e. The molecule has 0 spiro atoms. The normalized spacial score (nSPS) is 11.0. The first-order chi connectivity index (χ1) is 8.24. The Bertz CT molecular complexity index is 438. The van der Waals surface area contributed by atoms with Gasteiger partial charge in [0.1, 0.15) is 0 Å². The molecule has 0 heterocycles. The van der Waals surface area contributed by atoms with Crippen LogP contribution in [0.3, 0.4) is 0 Å². The molecule has 0 saturated heterocycles. The van der Waals surface area contributed by atoms with Gasteiger partial charge in [-0.25, -0.2) is 4.79 Å². The molecule has 0 amide bonds. The summed E-state index contributed by atoms with van der Waals surface area (Å²) in [6, 6.07) is 4.75. The molecule has 0 atom stereocenters. The van der Waals surface area contributed by atoms with E-state index in [0.29, 0.717) is 18.3 Å². The molecular weight excluding hydrogens is 230 g/mol. The molecule has 1 aromatic rings. The van der Waals surface area contributed by atoms with E-state index in [1.54, 1.807) is 12.1 Å². The first-order valence-corrected chi connectivity index (χ1v) is 5.82. The summed E-state index contributed by atoms with van der Waals surface area (Å²) < 4.78 is 4.66. The van der Waals surface area contributed by atoms with E-state index in [1.807, 2.05) is 20.8 Å². The maximum Gasteiger partial charge on any atom is 0.487 e. The molecule has 0 bridgehead atoms. The average molecular weight is 248 g/mol. The third-order valence-corrected chi connectivity index (χ3v) is 2.56. The van der Waals surface area contributed by atoms with Crippen molar-refractivity contribution in [3.05, 3.63) is 23.8 Å². The van der Waals surface area contributed by atoms with Gasteiger partial charge in [-0.1, -0.05) is 43.7 Å². The summed E-state index contributed by atoms with van der Waals surface area (Å²) in [5, 5.41) is 18.6. The van der Waals surface area contributed by atoms with Crippen molar-refractivity contribution < 1.29 is 19.6 Å². The Morgan fingerprint density at radius 3 is 2.39 bits per heavy atom. The Hall–Kier alpha value is -1.26. The van der Waals surface area contributed by atoms with Crippen LogP contribution in [0.1, 0.15) is 31.1 Å². The van der Waals surface area contributed by atoms with Crippen LogP contribution in [0.2, 0.25) is 5.31 Å². The van der Waals surface area contributed by atoms with Gasteiger partial charge in [-0.2, -0.15) is 0 Å². The molecule has 96 valence electrons. The number of ether oxygens (including phenoxy) is 1. The predicted molar refractivity (Wildman–Crippen MR) is 74.1 cm³/mol. The van der Waals surface area contributed by atoms with Crippen molar-refractivity contribution in [1.29, 1.82) is 0 Å². The quantitative estimate of drug-likeness (QED) is 0.555. The number of carbonyl (C=O) groups is 1. The lowest BCUT2D eigenvalue weighted by molar-refractivity contribution is 0.0601. The first kappa shape index (κ1) is 14.8. The molecule has 2 N–H and O–H groups in total. The fraction of sp³-hybridized carbons (Fsp3) is 0.417. The Labute approximate surface area is 108 Å². The zero-order valence-electron chi connectivity index (χ0n) is 11.2. The van der Waals surface area contributed by atoms with E-state index in [9.17, 15) is 14.8 Å². The highest BCUT2D eigenvalue weighted by Gasteiger charge is 2.22. The average Bonchev–Trinajstić information content (AvgIpc) is 2.25. The maximum atomic E-state index is 11.5. The van der Waals surface area contributed by atoms with Crippen LogP contribution in [0.25, 0.3) is 0 Å². The molecule has 6 heteroatoms. The van der Waals surface area contributed by atoms with Crippen LogP contribution in [0.4, 0.5) is 0 Å². The van der Waals surface area contributed by atoms with E-state index in [4.69, 9.17) is 0 Å². The van der Waals surface area contributed by atoms with Gasteiger partial charge in [0, 0.05) is 0 Å². The molecule has 0 radical (unpaired) electrons. The highest BCUT2D eigenvalue weighted by molar-refractivity contribution is 6.70. The third-order valence-electron chi connectivity index (χ3n) is 2.56. The molecule has 18 heavy (non-hydrogen) atoms. The van der Waals surface area contributed by atoms with Crippen molar-refractivity contribution in [2.75, 3.05) is 7.11 Å². The van der Waals surface area contributed by atoms with E-state index < -0.39 is 13.1 Å². The minimum atomic E-state index is -1.53. The van der Waals surface area contributed by atoms with Gasteiger partial charge in [-0.15, -0.1) is 0 Å². The Morgan fingerprint density at radius 1 is 1.33 bits per heavy atom. The second-order valence-electron chi connectivity index (χ2n) is 5.52. The molecule has 1 rings (SSSR count). The summed E-state index contributed by atoms with van der Waals surface area (Å²) in [4.78, 5) is 11.5. The summed E-state index contributed by atoms with van der Waals surface area (Å²) in [5.41, 5.74) is 1.60. The van der Waals surface area contributed by atoms with Gasteiger partial charge in [0.15, 0.2) is 7.28 Å². The van der Waals surface area contributed by atoms with Crippen molar-refractivity contribution >= 4 is 31.3 Å². The van der Waals surface area contributed by atoms with E-state index in [2.05, 4.69) is 4.74 Å². The van der Waals surface area contributed by atoms with Gasteiger partial charge in [0.2, 0.25) is 0 Å². The minimum absolute atomic E-state index is 0.0155. The van der Waals surface area contributed by atoms with Crippen LogP contribution in [-0.2, 0) is 4.74 Å². The lowest BCUT2D eigenvalue weighted by Crippen LogP contribution is -2.46. The largest absolute Gasteiger partial charge is 0.487 e. The predicted octanol–water partition coefficient (Wildman–Crippen LogP) is -0.567. The van der Waals surface area contributed by atoms with Gasteiger partial charge >= 0.3 is 13.1 Å². The number of hydrogen-bond acceptors (Lipinski definition) is 4. The Morgan fingerprint density at radius 2 is 1.94 bits per heavy atom. The summed E-state index contributed by atoms with van der Waals surface area (Å²) in [5.74, 6) is -0.427. The zero-order chi connectivity index (χ0) is 13.9. The number of methoxy groups -OCH3 is 1. The van der Waals surface area contributed by atoms with Crippen LogP contribution in [-0.4, -0.2) is 37.5 Å². The van der Waals surface area contributed by atoms with Crippen LogP contribution >= 0.6 is 0 Å². The number of esters is 1. The topological polar surface area (TPSA) is 66.8 Å². The van der Waals surface area contributed by atoms with Gasteiger partial charge in [-0.05, 0) is 11.5 Å². The molecule has 4 nitrogen and oxygen atoms in total. The van der Waals surface area contributed by atoms with Gasteiger partial charge < -0.3 is 14.8 Å². The second kappa shape index (κ2) is 5.59. The van der Waals surface area contributed by atoms with Crippen molar-refractivity contribution in [3.8, 4) is 0 Å².